The van der Waals surface area contributed by atoms with Crippen molar-refractivity contribution >= 4 is 17.3 Å². The van der Waals surface area contributed by atoms with E-state index in [2.05, 4.69) is 38.2 Å². The van der Waals surface area contributed by atoms with Gasteiger partial charge in [0, 0.05) is 16.8 Å². The van der Waals surface area contributed by atoms with E-state index in [1.165, 1.54) is 30.5 Å². The van der Waals surface area contributed by atoms with Crippen LogP contribution in [0.4, 0.5) is 5.69 Å². The summed E-state index contributed by atoms with van der Waals surface area (Å²) in [6.07, 6.45) is 4.00. The van der Waals surface area contributed by atoms with Crippen molar-refractivity contribution in [3.63, 3.8) is 0 Å². The Morgan fingerprint density at radius 1 is 1.28 bits per heavy atom. The molecule has 1 aromatic rings. The molecule has 2 heteroatoms. The van der Waals surface area contributed by atoms with Crippen molar-refractivity contribution in [3.05, 3.63) is 28.8 Å². The van der Waals surface area contributed by atoms with Gasteiger partial charge in [0.2, 0.25) is 0 Å². The number of nitrogens with one attached hydrogen (secondary N) is 1. The highest BCUT2D eigenvalue weighted by Crippen LogP contribution is 2.49. The van der Waals surface area contributed by atoms with Crippen LogP contribution in [0, 0.1) is 11.8 Å². The molecule has 0 unspecified atom stereocenters. The molecule has 1 nitrogen and oxygen atoms in total. The van der Waals surface area contributed by atoms with Crippen molar-refractivity contribution < 1.29 is 0 Å². The maximum atomic E-state index is 6.17. The van der Waals surface area contributed by atoms with E-state index >= 15 is 0 Å². The topological polar surface area (TPSA) is 12.0 Å². The predicted molar refractivity (Wildman–Crippen MR) is 78.4 cm³/mol. The van der Waals surface area contributed by atoms with Crippen LogP contribution in [0.1, 0.15) is 45.6 Å². The zero-order valence-corrected chi connectivity index (χ0v) is 12.2. The molecular weight excluding hydrogens is 242 g/mol. The fourth-order valence-corrected chi connectivity index (χ4v) is 4.15. The molecule has 98 valence electrons. The Bertz CT molecular complexity index is 466. The number of rotatable bonds is 0. The molecular formula is C16H22ClN. The molecule has 0 saturated heterocycles. The van der Waals surface area contributed by atoms with E-state index in [1.807, 2.05) is 6.07 Å². The van der Waals surface area contributed by atoms with Crippen LogP contribution in [0.5, 0.6) is 0 Å². The maximum absolute atomic E-state index is 6.17. The third-order valence-corrected chi connectivity index (χ3v) is 5.29. The van der Waals surface area contributed by atoms with Crippen LogP contribution in [0.3, 0.4) is 0 Å². The van der Waals surface area contributed by atoms with Gasteiger partial charge in [0.1, 0.15) is 0 Å². The van der Waals surface area contributed by atoms with Gasteiger partial charge in [-0.25, -0.2) is 0 Å². The number of hydrogen-bond donors (Lipinski definition) is 1. The summed E-state index contributed by atoms with van der Waals surface area (Å²) in [4.78, 5) is 0. The van der Waals surface area contributed by atoms with Gasteiger partial charge in [-0.1, -0.05) is 38.8 Å². The molecule has 1 fully saturated rings. The molecule has 0 bridgehead atoms. The summed E-state index contributed by atoms with van der Waals surface area (Å²) in [6, 6.07) is 6.93. The Labute approximate surface area is 115 Å². The molecule has 1 N–H and O–H groups in total. The Morgan fingerprint density at radius 3 is 2.83 bits per heavy atom. The summed E-state index contributed by atoms with van der Waals surface area (Å²) < 4.78 is 0. The van der Waals surface area contributed by atoms with Gasteiger partial charge < -0.3 is 5.32 Å². The van der Waals surface area contributed by atoms with Crippen molar-refractivity contribution in [2.24, 2.45) is 11.8 Å². The normalized spacial score (nSPS) is 33.2. The smallest absolute Gasteiger partial charge is 0.0410 e. The molecule has 3 atom stereocenters. The highest BCUT2D eigenvalue weighted by atomic mass is 35.5. The molecule has 1 aliphatic carbocycles. The molecule has 0 spiro atoms. The summed E-state index contributed by atoms with van der Waals surface area (Å²) in [5.74, 6) is 1.59. The van der Waals surface area contributed by atoms with Gasteiger partial charge in [0.15, 0.2) is 0 Å². The monoisotopic (exact) mass is 263 g/mol. The number of halogens is 1. The van der Waals surface area contributed by atoms with Crippen LogP contribution in [0.2, 0.25) is 5.02 Å². The first kappa shape index (κ1) is 12.3. The standard InChI is InChI=1S/C16H22ClN/c1-10-4-6-12-15(8-10)18-14-7-5-11(17)9-13(14)16(12,2)3/h5,7,9-10,12,15,18H,4,6,8H2,1-3H3/t10-,12-,15-/m0/s1. The molecule has 1 aliphatic heterocycles. The molecule has 18 heavy (non-hydrogen) atoms. The van der Waals surface area contributed by atoms with E-state index in [9.17, 15) is 0 Å². The van der Waals surface area contributed by atoms with Crippen molar-refractivity contribution in [3.8, 4) is 0 Å². The van der Waals surface area contributed by atoms with Gasteiger partial charge in [0.25, 0.3) is 0 Å². The average Bonchev–Trinajstić information content (AvgIpc) is 2.30. The first-order valence-electron chi connectivity index (χ1n) is 7.05. The maximum Gasteiger partial charge on any atom is 0.0410 e. The number of fused-ring (bicyclic) bond motifs is 2. The van der Waals surface area contributed by atoms with Crippen LogP contribution in [0.25, 0.3) is 0 Å². The van der Waals surface area contributed by atoms with Crippen LogP contribution in [-0.2, 0) is 5.41 Å². The first-order chi connectivity index (χ1) is 8.48. The van der Waals surface area contributed by atoms with E-state index in [4.69, 9.17) is 11.6 Å². The summed E-state index contributed by atoms with van der Waals surface area (Å²) in [7, 11) is 0. The van der Waals surface area contributed by atoms with Crippen molar-refractivity contribution in [2.45, 2.75) is 51.5 Å². The first-order valence-corrected chi connectivity index (χ1v) is 7.43. The molecule has 0 aromatic heterocycles. The molecule has 0 amide bonds. The van der Waals surface area contributed by atoms with Gasteiger partial charge >= 0.3 is 0 Å². The Kier molecular flexibility index (Phi) is 2.85. The number of benzene rings is 1. The summed E-state index contributed by atoms with van der Waals surface area (Å²) >= 11 is 6.17. The quantitative estimate of drug-likeness (QED) is 0.706. The van der Waals surface area contributed by atoms with E-state index in [0.717, 1.165) is 16.9 Å². The Hall–Kier alpha value is -0.690. The van der Waals surface area contributed by atoms with E-state index in [-0.39, 0.29) is 5.41 Å². The second-order valence-electron chi connectivity index (χ2n) is 6.69. The SMILES string of the molecule is C[C@H]1CC[C@H]2[C@H](C1)Nc1ccc(Cl)cc1C2(C)C. The van der Waals surface area contributed by atoms with E-state index in [1.54, 1.807) is 0 Å². The van der Waals surface area contributed by atoms with Crippen molar-refractivity contribution in [1.29, 1.82) is 0 Å². The summed E-state index contributed by atoms with van der Waals surface area (Å²) in [6.45, 7) is 7.15. The number of anilines is 1. The van der Waals surface area contributed by atoms with Crippen LogP contribution in [0.15, 0.2) is 18.2 Å². The molecule has 2 aliphatic rings. The summed E-state index contributed by atoms with van der Waals surface area (Å²) in [5, 5.41) is 4.61. The van der Waals surface area contributed by atoms with Crippen molar-refractivity contribution in [2.75, 3.05) is 5.32 Å². The zero-order valence-electron chi connectivity index (χ0n) is 11.5. The minimum Gasteiger partial charge on any atom is -0.382 e. The van der Waals surface area contributed by atoms with Crippen molar-refractivity contribution in [1.82, 2.24) is 0 Å². The lowest BCUT2D eigenvalue weighted by Crippen LogP contribution is -2.48. The molecule has 1 saturated carbocycles. The molecule has 1 aromatic carbocycles. The second-order valence-corrected chi connectivity index (χ2v) is 7.12. The average molecular weight is 264 g/mol. The van der Waals surface area contributed by atoms with Crippen LogP contribution >= 0.6 is 11.6 Å². The lowest BCUT2D eigenvalue weighted by Gasteiger charge is -2.49. The third-order valence-electron chi connectivity index (χ3n) is 5.06. The molecule has 3 rings (SSSR count). The van der Waals surface area contributed by atoms with Crippen LogP contribution in [-0.4, -0.2) is 6.04 Å². The minimum atomic E-state index is 0.232. The number of hydrogen-bond acceptors (Lipinski definition) is 1. The van der Waals surface area contributed by atoms with E-state index < -0.39 is 0 Å². The lowest BCUT2D eigenvalue weighted by atomic mass is 9.61. The van der Waals surface area contributed by atoms with Gasteiger partial charge in [-0.15, -0.1) is 0 Å². The zero-order chi connectivity index (χ0) is 12.9. The van der Waals surface area contributed by atoms with Gasteiger partial charge in [-0.3, -0.25) is 0 Å². The highest BCUT2D eigenvalue weighted by molar-refractivity contribution is 6.30. The van der Waals surface area contributed by atoms with E-state index in [0.29, 0.717) is 6.04 Å². The fourth-order valence-electron chi connectivity index (χ4n) is 3.98. The third kappa shape index (κ3) is 1.84. The van der Waals surface area contributed by atoms with Gasteiger partial charge in [0.05, 0.1) is 0 Å². The minimum absolute atomic E-state index is 0.232. The second kappa shape index (κ2) is 4.16. The van der Waals surface area contributed by atoms with Gasteiger partial charge in [-0.05, 0) is 53.9 Å². The molecule has 0 radical (unpaired) electrons. The predicted octanol–water partition coefficient (Wildman–Crippen LogP) is 4.85. The Balaban J connectivity index is 2.04. The van der Waals surface area contributed by atoms with Crippen LogP contribution < -0.4 is 5.32 Å². The largest absolute Gasteiger partial charge is 0.382 e. The Morgan fingerprint density at radius 2 is 2.06 bits per heavy atom. The summed E-state index contributed by atoms with van der Waals surface area (Å²) in [5.41, 5.74) is 2.92. The highest BCUT2D eigenvalue weighted by Gasteiger charge is 2.44. The van der Waals surface area contributed by atoms with Gasteiger partial charge in [-0.2, -0.15) is 0 Å². The lowest BCUT2D eigenvalue weighted by molar-refractivity contribution is 0.174. The fraction of sp³-hybridized carbons (Fsp3) is 0.625. The molecule has 1 heterocycles.